The minimum absolute atomic E-state index is 0.247. The van der Waals surface area contributed by atoms with Crippen LogP contribution in [-0.2, 0) is 6.61 Å². The Labute approximate surface area is 124 Å². The van der Waals surface area contributed by atoms with Gasteiger partial charge in [-0.25, -0.2) is 0 Å². The highest BCUT2D eigenvalue weighted by molar-refractivity contribution is 6.32. The Bertz CT molecular complexity index is 569. The van der Waals surface area contributed by atoms with Gasteiger partial charge in [-0.2, -0.15) is 0 Å². The molecule has 4 heteroatoms. The van der Waals surface area contributed by atoms with E-state index in [2.05, 4.69) is 12.2 Å². The van der Waals surface area contributed by atoms with Gasteiger partial charge in [-0.05, 0) is 49.4 Å². The summed E-state index contributed by atoms with van der Waals surface area (Å²) in [5.41, 5.74) is 2.10. The summed E-state index contributed by atoms with van der Waals surface area (Å²) in [5.74, 6) is 0.906. The number of phenolic OH excluding ortho intramolecular Hbond substituents is 1. The van der Waals surface area contributed by atoms with Crippen LogP contribution in [0.2, 0.25) is 5.02 Å². The molecule has 2 aromatic rings. The van der Waals surface area contributed by atoms with Crippen molar-refractivity contribution in [2.45, 2.75) is 19.6 Å². The van der Waals surface area contributed by atoms with Crippen LogP contribution in [0.15, 0.2) is 42.5 Å². The number of benzene rings is 2. The molecule has 20 heavy (non-hydrogen) atoms. The topological polar surface area (TPSA) is 41.5 Å². The Hall–Kier alpha value is -1.71. The van der Waals surface area contributed by atoms with Crippen LogP contribution < -0.4 is 10.1 Å². The summed E-state index contributed by atoms with van der Waals surface area (Å²) < 4.78 is 5.70. The van der Waals surface area contributed by atoms with E-state index in [0.717, 1.165) is 11.1 Å². The standard InChI is InChI=1S/C16H18ClNO2/c1-11(18-2)13-5-8-16(15(17)9-13)20-10-12-3-6-14(19)7-4-12/h3-9,11,18-19H,10H2,1-2H3. The lowest BCUT2D eigenvalue weighted by Crippen LogP contribution is -2.12. The van der Waals surface area contributed by atoms with Gasteiger partial charge in [-0.3, -0.25) is 0 Å². The minimum atomic E-state index is 0.247. The lowest BCUT2D eigenvalue weighted by Gasteiger charge is -2.13. The summed E-state index contributed by atoms with van der Waals surface area (Å²) in [4.78, 5) is 0. The molecule has 0 fully saturated rings. The summed E-state index contributed by atoms with van der Waals surface area (Å²) in [5, 5.41) is 13.0. The maximum absolute atomic E-state index is 9.22. The van der Waals surface area contributed by atoms with E-state index < -0.39 is 0 Å². The molecule has 0 amide bonds. The summed E-state index contributed by atoms with van der Waals surface area (Å²) in [7, 11) is 1.91. The van der Waals surface area contributed by atoms with Gasteiger partial charge in [-0.1, -0.05) is 29.8 Å². The van der Waals surface area contributed by atoms with Crippen LogP contribution in [0.5, 0.6) is 11.5 Å². The maximum atomic E-state index is 9.22. The van der Waals surface area contributed by atoms with Gasteiger partial charge in [0.25, 0.3) is 0 Å². The number of hydrogen-bond donors (Lipinski definition) is 2. The fraction of sp³-hybridized carbons (Fsp3) is 0.250. The third-order valence-electron chi connectivity index (χ3n) is 3.22. The monoisotopic (exact) mass is 291 g/mol. The maximum Gasteiger partial charge on any atom is 0.138 e. The van der Waals surface area contributed by atoms with Crippen molar-refractivity contribution in [2.24, 2.45) is 0 Å². The molecule has 0 saturated carbocycles. The van der Waals surface area contributed by atoms with Gasteiger partial charge in [0, 0.05) is 6.04 Å². The van der Waals surface area contributed by atoms with Crippen molar-refractivity contribution in [1.82, 2.24) is 5.32 Å². The van der Waals surface area contributed by atoms with Crippen LogP contribution in [-0.4, -0.2) is 12.2 Å². The number of rotatable bonds is 5. The average molecular weight is 292 g/mol. The number of nitrogens with one attached hydrogen (secondary N) is 1. The van der Waals surface area contributed by atoms with Gasteiger partial charge >= 0.3 is 0 Å². The van der Waals surface area contributed by atoms with Crippen LogP contribution in [0.4, 0.5) is 0 Å². The molecular weight excluding hydrogens is 274 g/mol. The number of aromatic hydroxyl groups is 1. The van der Waals surface area contributed by atoms with Gasteiger partial charge in [0.15, 0.2) is 0 Å². The fourth-order valence-electron chi connectivity index (χ4n) is 1.82. The second-order valence-electron chi connectivity index (χ2n) is 4.66. The third kappa shape index (κ3) is 3.65. The minimum Gasteiger partial charge on any atom is -0.508 e. The molecule has 0 bridgehead atoms. The van der Waals surface area contributed by atoms with E-state index in [-0.39, 0.29) is 11.8 Å². The second kappa shape index (κ2) is 6.64. The summed E-state index contributed by atoms with van der Waals surface area (Å²) in [6, 6.07) is 13.0. The predicted molar refractivity (Wildman–Crippen MR) is 81.4 cm³/mol. The normalized spacial score (nSPS) is 12.2. The molecule has 0 radical (unpaired) electrons. The molecule has 0 aliphatic carbocycles. The zero-order valence-corrected chi connectivity index (χ0v) is 12.3. The number of ether oxygens (including phenoxy) is 1. The smallest absolute Gasteiger partial charge is 0.138 e. The molecule has 0 aliphatic rings. The molecule has 3 nitrogen and oxygen atoms in total. The van der Waals surface area contributed by atoms with Crippen LogP contribution >= 0.6 is 11.6 Å². The van der Waals surface area contributed by atoms with Crippen molar-refractivity contribution in [3.05, 3.63) is 58.6 Å². The summed E-state index contributed by atoms with van der Waals surface area (Å²) in [6.07, 6.45) is 0. The van der Waals surface area contributed by atoms with Crippen molar-refractivity contribution in [3.63, 3.8) is 0 Å². The number of halogens is 1. The number of phenols is 1. The molecule has 1 atom stereocenters. The van der Waals surface area contributed by atoms with E-state index in [9.17, 15) is 5.11 Å². The van der Waals surface area contributed by atoms with E-state index in [4.69, 9.17) is 16.3 Å². The Morgan fingerprint density at radius 2 is 1.90 bits per heavy atom. The molecule has 1 unspecified atom stereocenters. The van der Waals surface area contributed by atoms with Crippen LogP contribution in [0, 0.1) is 0 Å². The molecule has 0 heterocycles. The van der Waals surface area contributed by atoms with Gasteiger partial charge in [0.2, 0.25) is 0 Å². The Morgan fingerprint density at radius 3 is 2.50 bits per heavy atom. The highest BCUT2D eigenvalue weighted by Gasteiger charge is 2.07. The summed E-state index contributed by atoms with van der Waals surface area (Å²) >= 11 is 6.23. The van der Waals surface area contributed by atoms with Crippen molar-refractivity contribution in [1.29, 1.82) is 0 Å². The molecule has 106 valence electrons. The largest absolute Gasteiger partial charge is 0.508 e. The van der Waals surface area contributed by atoms with Crippen molar-refractivity contribution in [2.75, 3.05) is 7.05 Å². The molecular formula is C16H18ClNO2. The molecule has 2 N–H and O–H groups in total. The number of hydrogen-bond acceptors (Lipinski definition) is 3. The van der Waals surface area contributed by atoms with Crippen molar-refractivity contribution >= 4 is 11.6 Å². The zero-order valence-electron chi connectivity index (χ0n) is 11.6. The van der Waals surface area contributed by atoms with Gasteiger partial charge in [0.1, 0.15) is 18.1 Å². The van der Waals surface area contributed by atoms with Gasteiger partial charge in [-0.15, -0.1) is 0 Å². The quantitative estimate of drug-likeness (QED) is 0.878. The first-order valence-electron chi connectivity index (χ1n) is 6.47. The van der Waals surface area contributed by atoms with E-state index in [1.807, 2.05) is 37.4 Å². The lowest BCUT2D eigenvalue weighted by atomic mass is 10.1. The first-order chi connectivity index (χ1) is 9.60. The zero-order chi connectivity index (χ0) is 14.5. The molecule has 0 aliphatic heterocycles. The highest BCUT2D eigenvalue weighted by Crippen LogP contribution is 2.28. The predicted octanol–water partition coefficient (Wildman–Crippen LogP) is 3.91. The van der Waals surface area contributed by atoms with E-state index in [1.165, 1.54) is 0 Å². The highest BCUT2D eigenvalue weighted by atomic mass is 35.5. The van der Waals surface area contributed by atoms with Gasteiger partial charge < -0.3 is 15.2 Å². The Balaban J connectivity index is 2.04. The van der Waals surface area contributed by atoms with Crippen molar-refractivity contribution in [3.8, 4) is 11.5 Å². The van der Waals surface area contributed by atoms with Crippen LogP contribution in [0.3, 0.4) is 0 Å². The van der Waals surface area contributed by atoms with Crippen LogP contribution in [0.1, 0.15) is 24.1 Å². The fourth-order valence-corrected chi connectivity index (χ4v) is 2.07. The van der Waals surface area contributed by atoms with Crippen molar-refractivity contribution < 1.29 is 9.84 Å². The Kier molecular flexibility index (Phi) is 4.88. The summed E-state index contributed by atoms with van der Waals surface area (Å²) in [6.45, 7) is 2.49. The molecule has 0 spiro atoms. The van der Waals surface area contributed by atoms with E-state index in [1.54, 1.807) is 12.1 Å². The molecule has 0 saturated heterocycles. The van der Waals surface area contributed by atoms with E-state index >= 15 is 0 Å². The first kappa shape index (κ1) is 14.7. The average Bonchev–Trinajstić information content (AvgIpc) is 2.46. The molecule has 0 aromatic heterocycles. The van der Waals surface area contributed by atoms with Crippen LogP contribution in [0.25, 0.3) is 0 Å². The third-order valence-corrected chi connectivity index (χ3v) is 3.51. The first-order valence-corrected chi connectivity index (χ1v) is 6.85. The SMILES string of the molecule is CNC(C)c1ccc(OCc2ccc(O)cc2)c(Cl)c1. The van der Waals surface area contributed by atoms with E-state index in [0.29, 0.717) is 17.4 Å². The lowest BCUT2D eigenvalue weighted by molar-refractivity contribution is 0.306. The molecule has 2 aromatic carbocycles. The van der Waals surface area contributed by atoms with Gasteiger partial charge in [0.05, 0.1) is 5.02 Å². The molecule has 2 rings (SSSR count). The second-order valence-corrected chi connectivity index (χ2v) is 5.06. The Morgan fingerprint density at radius 1 is 1.20 bits per heavy atom.